The highest BCUT2D eigenvalue weighted by Crippen LogP contribution is 2.45. The molecule has 0 aromatic carbocycles. The average Bonchev–Trinajstić information content (AvgIpc) is 2.88. The highest BCUT2D eigenvalue weighted by molar-refractivity contribution is 5.72. The number of hydrogen-bond acceptors (Lipinski definition) is 3. The third kappa shape index (κ3) is 3.05. The second-order valence-electron chi connectivity index (χ2n) is 7.05. The number of ether oxygens (including phenoxy) is 2. The number of carbonyl (C=O) groups excluding carboxylic acids is 1. The van der Waals surface area contributed by atoms with Crippen molar-refractivity contribution in [3.8, 4) is 0 Å². The summed E-state index contributed by atoms with van der Waals surface area (Å²) in [6.45, 7) is 8.20. The van der Waals surface area contributed by atoms with Gasteiger partial charge in [0.25, 0.3) is 0 Å². The van der Waals surface area contributed by atoms with Crippen LogP contribution in [0, 0.1) is 23.2 Å². The highest BCUT2D eigenvalue weighted by atomic mass is 16.7. The quantitative estimate of drug-likeness (QED) is 0.570. The van der Waals surface area contributed by atoms with E-state index in [1.807, 2.05) is 6.92 Å². The molecule has 3 heteroatoms. The Morgan fingerprint density at radius 1 is 1.28 bits per heavy atom. The fourth-order valence-corrected chi connectivity index (χ4v) is 3.05. The summed E-state index contributed by atoms with van der Waals surface area (Å²) >= 11 is 0. The van der Waals surface area contributed by atoms with Gasteiger partial charge in [0.15, 0.2) is 6.79 Å². The first kappa shape index (κ1) is 13.9. The summed E-state index contributed by atoms with van der Waals surface area (Å²) in [5.41, 5.74) is -0.0521. The van der Waals surface area contributed by atoms with Gasteiger partial charge in [-0.05, 0) is 42.9 Å². The molecule has 0 N–H and O–H groups in total. The molecular formula is C15H26O3. The fraction of sp³-hybridized carbons (Fsp3) is 0.933. The lowest BCUT2D eigenvalue weighted by atomic mass is 9.82. The van der Waals surface area contributed by atoms with E-state index in [-0.39, 0.29) is 24.1 Å². The summed E-state index contributed by atoms with van der Waals surface area (Å²) in [7, 11) is 0. The molecule has 0 radical (unpaired) electrons. The Labute approximate surface area is 110 Å². The second-order valence-corrected chi connectivity index (χ2v) is 7.05. The van der Waals surface area contributed by atoms with E-state index in [4.69, 9.17) is 9.47 Å². The monoisotopic (exact) mass is 254 g/mol. The second kappa shape index (κ2) is 5.20. The van der Waals surface area contributed by atoms with Crippen molar-refractivity contribution in [1.82, 2.24) is 0 Å². The first-order chi connectivity index (χ1) is 8.38. The molecule has 2 rings (SSSR count). The Morgan fingerprint density at radius 3 is 2.50 bits per heavy atom. The minimum absolute atomic E-state index is 0.0521. The van der Waals surface area contributed by atoms with E-state index in [1.54, 1.807) is 0 Å². The van der Waals surface area contributed by atoms with Gasteiger partial charge < -0.3 is 9.47 Å². The molecule has 4 atom stereocenters. The number of rotatable bonds is 4. The van der Waals surface area contributed by atoms with Crippen LogP contribution in [0.15, 0.2) is 0 Å². The van der Waals surface area contributed by atoms with E-state index in [0.29, 0.717) is 12.0 Å². The van der Waals surface area contributed by atoms with Crippen molar-refractivity contribution in [2.45, 2.75) is 59.5 Å². The van der Waals surface area contributed by atoms with Crippen LogP contribution in [0.2, 0.25) is 0 Å². The molecule has 2 saturated carbocycles. The normalized spacial score (nSPS) is 32.6. The van der Waals surface area contributed by atoms with E-state index in [1.165, 1.54) is 19.3 Å². The maximum absolute atomic E-state index is 11.8. The van der Waals surface area contributed by atoms with Gasteiger partial charge in [-0.1, -0.05) is 27.7 Å². The standard InChI is InChI=1S/C15H26O3/c1-10(15(2,3)4)14(16)18-9-17-13-8-11-5-6-12(13)7-11/h10-13H,5-9H2,1-4H3. The third-order valence-electron chi connectivity index (χ3n) is 4.81. The van der Waals surface area contributed by atoms with Crippen LogP contribution in [-0.2, 0) is 14.3 Å². The molecule has 0 heterocycles. The number of hydrogen-bond donors (Lipinski definition) is 0. The molecule has 0 aromatic rings. The molecule has 3 nitrogen and oxygen atoms in total. The number of carbonyl (C=O) groups is 1. The van der Waals surface area contributed by atoms with Gasteiger partial charge in [-0.15, -0.1) is 0 Å². The van der Waals surface area contributed by atoms with Crippen LogP contribution in [0.1, 0.15) is 53.4 Å². The number of fused-ring (bicyclic) bond motifs is 2. The summed E-state index contributed by atoms with van der Waals surface area (Å²) in [5, 5.41) is 0. The van der Waals surface area contributed by atoms with Crippen LogP contribution < -0.4 is 0 Å². The molecule has 0 aromatic heterocycles. The SMILES string of the molecule is CC(C(=O)OCOC1CC2CCC1C2)C(C)(C)C. The lowest BCUT2D eigenvalue weighted by Gasteiger charge is -2.26. The predicted molar refractivity (Wildman–Crippen MR) is 69.9 cm³/mol. The lowest BCUT2D eigenvalue weighted by Crippen LogP contribution is -2.29. The first-order valence-electron chi connectivity index (χ1n) is 7.16. The van der Waals surface area contributed by atoms with E-state index < -0.39 is 0 Å². The van der Waals surface area contributed by atoms with Gasteiger partial charge >= 0.3 is 5.97 Å². The smallest absolute Gasteiger partial charge is 0.311 e. The largest absolute Gasteiger partial charge is 0.438 e. The minimum atomic E-state index is -0.148. The highest BCUT2D eigenvalue weighted by Gasteiger charge is 2.40. The molecule has 0 saturated heterocycles. The summed E-state index contributed by atoms with van der Waals surface area (Å²) in [4.78, 5) is 11.8. The predicted octanol–water partition coefficient (Wildman–Crippen LogP) is 3.37. The van der Waals surface area contributed by atoms with Gasteiger partial charge in [-0.2, -0.15) is 0 Å². The van der Waals surface area contributed by atoms with Crippen LogP contribution in [0.3, 0.4) is 0 Å². The van der Waals surface area contributed by atoms with Crippen LogP contribution in [0.5, 0.6) is 0 Å². The van der Waals surface area contributed by atoms with Crippen molar-refractivity contribution in [2.24, 2.45) is 23.2 Å². The van der Waals surface area contributed by atoms with Crippen molar-refractivity contribution in [3.05, 3.63) is 0 Å². The lowest BCUT2D eigenvalue weighted by molar-refractivity contribution is -0.170. The Bertz CT molecular complexity index is 305. The minimum Gasteiger partial charge on any atom is -0.438 e. The Morgan fingerprint density at radius 2 is 2.00 bits per heavy atom. The Balaban J connectivity index is 1.68. The van der Waals surface area contributed by atoms with Crippen molar-refractivity contribution in [2.75, 3.05) is 6.79 Å². The molecular weight excluding hydrogens is 228 g/mol. The summed E-state index contributed by atoms with van der Waals surface area (Å²) in [6, 6.07) is 0. The first-order valence-corrected chi connectivity index (χ1v) is 7.16. The molecule has 0 amide bonds. The average molecular weight is 254 g/mol. The molecule has 0 spiro atoms. The topological polar surface area (TPSA) is 35.5 Å². The maximum atomic E-state index is 11.8. The van der Waals surface area contributed by atoms with Gasteiger partial charge in [0.2, 0.25) is 0 Å². The van der Waals surface area contributed by atoms with E-state index in [2.05, 4.69) is 20.8 Å². The zero-order valence-electron chi connectivity index (χ0n) is 12.1. The van der Waals surface area contributed by atoms with Gasteiger partial charge in [0.1, 0.15) is 0 Å². The van der Waals surface area contributed by atoms with E-state index in [0.717, 1.165) is 12.3 Å². The summed E-state index contributed by atoms with van der Waals surface area (Å²) in [5.74, 6) is 1.34. The molecule has 2 aliphatic rings. The van der Waals surface area contributed by atoms with Crippen molar-refractivity contribution >= 4 is 5.97 Å². The van der Waals surface area contributed by atoms with Crippen molar-refractivity contribution in [1.29, 1.82) is 0 Å². The third-order valence-corrected chi connectivity index (χ3v) is 4.81. The number of esters is 1. The molecule has 18 heavy (non-hydrogen) atoms. The molecule has 2 aliphatic carbocycles. The molecule has 0 aliphatic heterocycles. The van der Waals surface area contributed by atoms with Crippen LogP contribution in [0.4, 0.5) is 0 Å². The fourth-order valence-electron chi connectivity index (χ4n) is 3.05. The molecule has 2 fully saturated rings. The van der Waals surface area contributed by atoms with Crippen LogP contribution in [0.25, 0.3) is 0 Å². The van der Waals surface area contributed by atoms with E-state index >= 15 is 0 Å². The Kier molecular flexibility index (Phi) is 4.00. The van der Waals surface area contributed by atoms with Crippen molar-refractivity contribution < 1.29 is 14.3 Å². The van der Waals surface area contributed by atoms with Crippen molar-refractivity contribution in [3.63, 3.8) is 0 Å². The zero-order valence-corrected chi connectivity index (χ0v) is 12.1. The Hall–Kier alpha value is -0.570. The van der Waals surface area contributed by atoms with Gasteiger partial charge in [-0.25, -0.2) is 0 Å². The molecule has 4 unspecified atom stereocenters. The summed E-state index contributed by atoms with van der Waals surface area (Å²) < 4.78 is 11.0. The molecule has 104 valence electrons. The van der Waals surface area contributed by atoms with Gasteiger partial charge in [-0.3, -0.25) is 4.79 Å². The molecule has 2 bridgehead atoms. The maximum Gasteiger partial charge on any atom is 0.311 e. The van der Waals surface area contributed by atoms with Crippen LogP contribution in [-0.4, -0.2) is 18.9 Å². The summed E-state index contributed by atoms with van der Waals surface area (Å²) in [6.07, 6.45) is 5.47. The van der Waals surface area contributed by atoms with Crippen LogP contribution >= 0.6 is 0 Å². The van der Waals surface area contributed by atoms with E-state index in [9.17, 15) is 4.79 Å². The zero-order chi connectivity index (χ0) is 13.3. The van der Waals surface area contributed by atoms with Gasteiger partial charge in [0.05, 0.1) is 12.0 Å². The van der Waals surface area contributed by atoms with Gasteiger partial charge in [0, 0.05) is 0 Å².